The third kappa shape index (κ3) is 3.19. The van der Waals surface area contributed by atoms with E-state index in [4.69, 9.17) is 0 Å². The van der Waals surface area contributed by atoms with E-state index in [0.717, 1.165) is 7.11 Å². The Morgan fingerprint density at radius 1 is 1.43 bits per heavy atom. The number of hydrogen-bond donors (Lipinski definition) is 1. The van der Waals surface area contributed by atoms with E-state index in [0.29, 0.717) is 0 Å². The smallest absolute Gasteiger partial charge is 0.383 e. The summed E-state index contributed by atoms with van der Waals surface area (Å²) in [6.07, 6.45) is -4.11. The Labute approximate surface area is 76.2 Å². The fourth-order valence-electron chi connectivity index (χ4n) is 0.442. The van der Waals surface area contributed by atoms with Gasteiger partial charge in [-0.05, 0) is 0 Å². The molecule has 0 aromatic heterocycles. The molecule has 0 saturated carbocycles. The molecule has 0 heterocycles. The lowest BCUT2D eigenvalue weighted by molar-refractivity contribution is -0.170. The van der Waals surface area contributed by atoms with Crippen molar-refractivity contribution < 1.29 is 31.9 Å². The van der Waals surface area contributed by atoms with Gasteiger partial charge in [-0.2, -0.15) is 8.78 Å². The van der Waals surface area contributed by atoms with Gasteiger partial charge in [0.1, 0.15) is 6.54 Å². The van der Waals surface area contributed by atoms with Crippen LogP contribution in [0.2, 0.25) is 0 Å². The zero-order chi connectivity index (χ0) is 11.4. The standard InChI is InChI=1S/C6H7F4NO3/c1-14-3(12)2-11-5(13)6(9,10)4(7)8/h4H,2H2,1H3,(H,11,13). The Morgan fingerprint density at radius 2 is 1.93 bits per heavy atom. The van der Waals surface area contributed by atoms with E-state index in [9.17, 15) is 27.2 Å². The number of alkyl halides is 4. The molecule has 0 fully saturated rings. The van der Waals surface area contributed by atoms with Crippen molar-refractivity contribution in [3.8, 4) is 0 Å². The average molecular weight is 217 g/mol. The first kappa shape index (κ1) is 12.7. The molecule has 0 bridgehead atoms. The van der Waals surface area contributed by atoms with E-state index in [1.54, 1.807) is 0 Å². The minimum atomic E-state index is -4.80. The molecule has 0 aliphatic carbocycles. The van der Waals surface area contributed by atoms with Gasteiger partial charge in [-0.1, -0.05) is 0 Å². The molecule has 0 aliphatic heterocycles. The number of carbonyl (C=O) groups excluding carboxylic acids is 2. The maximum Gasteiger partial charge on any atom is 0.383 e. The molecule has 0 aliphatic rings. The highest BCUT2D eigenvalue weighted by atomic mass is 19.3. The van der Waals surface area contributed by atoms with E-state index in [-0.39, 0.29) is 0 Å². The monoisotopic (exact) mass is 217 g/mol. The summed E-state index contributed by atoms with van der Waals surface area (Å²) < 4.78 is 51.4. The van der Waals surface area contributed by atoms with Gasteiger partial charge in [0, 0.05) is 0 Å². The molecule has 0 rings (SSSR count). The maximum absolute atomic E-state index is 12.2. The van der Waals surface area contributed by atoms with Crippen molar-refractivity contribution in [1.29, 1.82) is 0 Å². The molecule has 0 unspecified atom stereocenters. The number of halogens is 4. The van der Waals surface area contributed by atoms with Crippen molar-refractivity contribution >= 4 is 11.9 Å². The third-order valence-electron chi connectivity index (χ3n) is 1.20. The quantitative estimate of drug-likeness (QED) is 0.539. The van der Waals surface area contributed by atoms with Gasteiger partial charge in [0.2, 0.25) is 0 Å². The van der Waals surface area contributed by atoms with Crippen LogP contribution in [0.1, 0.15) is 0 Å². The summed E-state index contributed by atoms with van der Waals surface area (Å²) in [5.74, 6) is -8.02. The first-order chi connectivity index (χ1) is 6.32. The van der Waals surface area contributed by atoms with E-state index in [1.807, 2.05) is 0 Å². The Balaban J connectivity index is 4.15. The number of rotatable bonds is 4. The van der Waals surface area contributed by atoms with Gasteiger partial charge >= 0.3 is 18.3 Å². The number of esters is 1. The fourth-order valence-corrected chi connectivity index (χ4v) is 0.442. The van der Waals surface area contributed by atoms with Crippen LogP contribution in [0.25, 0.3) is 0 Å². The van der Waals surface area contributed by atoms with Gasteiger partial charge in [0.15, 0.2) is 0 Å². The Bertz CT molecular complexity index is 231. The van der Waals surface area contributed by atoms with Crippen molar-refractivity contribution in [2.75, 3.05) is 13.7 Å². The fraction of sp³-hybridized carbons (Fsp3) is 0.667. The molecular weight excluding hydrogens is 210 g/mol. The van der Waals surface area contributed by atoms with Crippen molar-refractivity contribution in [2.45, 2.75) is 12.3 Å². The number of hydrogen-bond acceptors (Lipinski definition) is 3. The lowest BCUT2D eigenvalue weighted by Crippen LogP contribution is -2.46. The lowest BCUT2D eigenvalue weighted by atomic mass is 10.3. The first-order valence-electron chi connectivity index (χ1n) is 3.33. The molecule has 0 saturated heterocycles. The van der Waals surface area contributed by atoms with Gasteiger partial charge in [-0.3, -0.25) is 9.59 Å². The zero-order valence-corrected chi connectivity index (χ0v) is 7.02. The lowest BCUT2D eigenvalue weighted by Gasteiger charge is -2.13. The van der Waals surface area contributed by atoms with Crippen molar-refractivity contribution in [3.63, 3.8) is 0 Å². The largest absolute Gasteiger partial charge is 0.468 e. The van der Waals surface area contributed by atoms with Crippen molar-refractivity contribution in [1.82, 2.24) is 5.32 Å². The molecule has 8 heteroatoms. The minimum absolute atomic E-state index is 0.877. The number of nitrogens with one attached hydrogen (secondary N) is 1. The SMILES string of the molecule is COC(=O)CNC(=O)C(F)(F)C(F)F. The van der Waals surface area contributed by atoms with E-state index >= 15 is 0 Å². The summed E-state index contributed by atoms with van der Waals surface area (Å²) in [6, 6.07) is 0. The summed E-state index contributed by atoms with van der Waals surface area (Å²) >= 11 is 0. The summed E-state index contributed by atoms with van der Waals surface area (Å²) in [4.78, 5) is 20.7. The van der Waals surface area contributed by atoms with Crippen LogP contribution in [0, 0.1) is 0 Å². The summed E-state index contributed by atoms with van der Waals surface area (Å²) in [7, 11) is 0.958. The molecule has 0 radical (unpaired) electrons. The maximum atomic E-state index is 12.2. The van der Waals surface area contributed by atoms with Crippen LogP contribution in [0.5, 0.6) is 0 Å². The molecule has 0 aromatic carbocycles. The van der Waals surface area contributed by atoms with Crippen LogP contribution < -0.4 is 5.32 Å². The van der Waals surface area contributed by atoms with Crippen LogP contribution in [-0.2, 0) is 14.3 Å². The van der Waals surface area contributed by atoms with Gasteiger partial charge in [-0.15, -0.1) is 0 Å². The molecule has 0 atom stereocenters. The van der Waals surface area contributed by atoms with Gasteiger partial charge in [0.25, 0.3) is 5.91 Å². The predicted octanol–water partition coefficient (Wildman–Crippen LogP) is 0.176. The van der Waals surface area contributed by atoms with Crippen molar-refractivity contribution in [3.05, 3.63) is 0 Å². The van der Waals surface area contributed by atoms with Crippen LogP contribution in [-0.4, -0.2) is 37.9 Å². The van der Waals surface area contributed by atoms with Gasteiger partial charge in [0.05, 0.1) is 7.11 Å². The number of amides is 1. The van der Waals surface area contributed by atoms with E-state index in [2.05, 4.69) is 4.74 Å². The zero-order valence-electron chi connectivity index (χ0n) is 7.02. The second-order valence-electron chi connectivity index (χ2n) is 2.18. The average Bonchev–Trinajstić information content (AvgIpc) is 2.12. The van der Waals surface area contributed by atoms with Crippen LogP contribution in [0.3, 0.4) is 0 Å². The molecule has 0 aromatic rings. The number of ether oxygens (including phenoxy) is 1. The molecule has 1 amide bonds. The second kappa shape index (κ2) is 4.77. The first-order valence-corrected chi connectivity index (χ1v) is 3.33. The molecule has 0 spiro atoms. The third-order valence-corrected chi connectivity index (χ3v) is 1.20. The predicted molar refractivity (Wildman–Crippen MR) is 36.0 cm³/mol. The summed E-state index contributed by atoms with van der Waals surface area (Å²) in [6.45, 7) is -0.877. The Hall–Kier alpha value is -1.34. The molecular formula is C6H7F4NO3. The minimum Gasteiger partial charge on any atom is -0.468 e. The highest BCUT2D eigenvalue weighted by Gasteiger charge is 2.48. The van der Waals surface area contributed by atoms with Crippen LogP contribution >= 0.6 is 0 Å². The van der Waals surface area contributed by atoms with Crippen LogP contribution in [0.4, 0.5) is 17.6 Å². The van der Waals surface area contributed by atoms with Crippen molar-refractivity contribution in [2.24, 2.45) is 0 Å². The highest BCUT2D eigenvalue weighted by molar-refractivity contribution is 5.87. The summed E-state index contributed by atoms with van der Waals surface area (Å²) in [5, 5.41) is 1.31. The van der Waals surface area contributed by atoms with E-state index in [1.165, 1.54) is 5.32 Å². The van der Waals surface area contributed by atoms with Gasteiger partial charge < -0.3 is 10.1 Å². The molecule has 82 valence electrons. The molecule has 4 nitrogen and oxygen atoms in total. The normalized spacial score (nSPS) is 11.3. The Morgan fingerprint density at radius 3 is 2.29 bits per heavy atom. The summed E-state index contributed by atoms with van der Waals surface area (Å²) in [5.41, 5.74) is 0. The highest BCUT2D eigenvalue weighted by Crippen LogP contribution is 2.22. The second-order valence-corrected chi connectivity index (χ2v) is 2.18. The number of carbonyl (C=O) groups is 2. The van der Waals surface area contributed by atoms with E-state index < -0.39 is 30.8 Å². The topological polar surface area (TPSA) is 55.4 Å². The van der Waals surface area contributed by atoms with Gasteiger partial charge in [-0.25, -0.2) is 8.78 Å². The Kier molecular flexibility index (Phi) is 4.32. The number of methoxy groups -OCH3 is 1. The molecule has 14 heavy (non-hydrogen) atoms. The van der Waals surface area contributed by atoms with Crippen LogP contribution in [0.15, 0.2) is 0 Å². The molecule has 1 N–H and O–H groups in total.